The van der Waals surface area contributed by atoms with Crippen LogP contribution in [0, 0.1) is 10.1 Å². The zero-order valence-corrected chi connectivity index (χ0v) is 10.2. The number of nitrogen functional groups attached to an aromatic ring is 1. The quantitative estimate of drug-likeness (QED) is 0.563. The molecule has 7 nitrogen and oxygen atoms in total. The maximum atomic E-state index is 11.1. The van der Waals surface area contributed by atoms with Gasteiger partial charge in [-0.2, -0.15) is 0 Å². The van der Waals surface area contributed by atoms with E-state index in [1.54, 1.807) is 24.4 Å². The van der Waals surface area contributed by atoms with Crippen LogP contribution in [0.1, 0.15) is 0 Å². The van der Waals surface area contributed by atoms with Crippen LogP contribution in [0.3, 0.4) is 0 Å². The van der Waals surface area contributed by atoms with Gasteiger partial charge < -0.3 is 5.73 Å². The maximum absolute atomic E-state index is 11.1. The fourth-order valence-electron chi connectivity index (χ4n) is 2.03. The van der Waals surface area contributed by atoms with Crippen LogP contribution in [0.4, 0.5) is 11.6 Å². The lowest BCUT2D eigenvalue weighted by Crippen LogP contribution is -2.01. The number of rotatable bonds is 2. The topological polar surface area (TPSA) is 108 Å². The van der Waals surface area contributed by atoms with E-state index in [1.807, 2.05) is 12.1 Å². The number of pyridine rings is 1. The van der Waals surface area contributed by atoms with Gasteiger partial charge in [-0.25, -0.2) is 9.97 Å². The van der Waals surface area contributed by atoms with Gasteiger partial charge in [0, 0.05) is 17.1 Å². The zero-order chi connectivity index (χ0) is 14.1. The summed E-state index contributed by atoms with van der Waals surface area (Å²) in [5.74, 6) is -0.00788. The summed E-state index contributed by atoms with van der Waals surface area (Å²) in [4.78, 5) is 22.5. The fourth-order valence-corrected chi connectivity index (χ4v) is 2.03. The zero-order valence-electron chi connectivity index (χ0n) is 10.2. The highest BCUT2D eigenvalue weighted by Crippen LogP contribution is 2.32. The van der Waals surface area contributed by atoms with Gasteiger partial charge in [0.1, 0.15) is 6.20 Å². The second-order valence-electron chi connectivity index (χ2n) is 4.09. The fraction of sp³-hybridized carbons (Fsp3) is 0. The van der Waals surface area contributed by atoms with Gasteiger partial charge in [-0.1, -0.05) is 18.2 Å². The van der Waals surface area contributed by atoms with E-state index in [1.165, 1.54) is 0 Å². The van der Waals surface area contributed by atoms with E-state index in [2.05, 4.69) is 15.0 Å². The van der Waals surface area contributed by atoms with E-state index in [-0.39, 0.29) is 17.3 Å². The summed E-state index contributed by atoms with van der Waals surface area (Å²) in [5.41, 5.74) is 6.90. The SMILES string of the molecule is Nc1ncc([N+](=O)[O-])c(-c2cccc3ncccc23)n1. The molecule has 2 N–H and O–H groups in total. The molecule has 0 spiro atoms. The van der Waals surface area contributed by atoms with Crippen LogP contribution < -0.4 is 5.73 Å². The normalized spacial score (nSPS) is 10.6. The number of anilines is 1. The summed E-state index contributed by atoms with van der Waals surface area (Å²) in [6.45, 7) is 0. The summed E-state index contributed by atoms with van der Waals surface area (Å²) in [6.07, 6.45) is 2.78. The minimum Gasteiger partial charge on any atom is -0.368 e. The Bertz CT molecular complexity index is 813. The number of hydrogen-bond donors (Lipinski definition) is 1. The Morgan fingerprint density at radius 2 is 2.00 bits per heavy atom. The monoisotopic (exact) mass is 267 g/mol. The standard InChI is InChI=1S/C13H9N5O2/c14-13-16-7-11(18(19)20)12(17-13)9-3-1-5-10-8(9)4-2-6-15-10/h1-7H,(H2,14,16,17). The minimum absolute atomic E-state index is 0.00788. The molecule has 0 saturated heterocycles. The van der Waals surface area contributed by atoms with Crippen LogP contribution in [0.2, 0.25) is 0 Å². The number of nitro groups is 1. The molecule has 3 aromatic rings. The summed E-state index contributed by atoms with van der Waals surface area (Å²) >= 11 is 0. The van der Waals surface area contributed by atoms with E-state index in [0.29, 0.717) is 5.56 Å². The first-order valence-electron chi connectivity index (χ1n) is 5.78. The van der Waals surface area contributed by atoms with Gasteiger partial charge in [-0.05, 0) is 12.1 Å². The second kappa shape index (κ2) is 4.54. The van der Waals surface area contributed by atoms with Crippen molar-refractivity contribution >= 4 is 22.5 Å². The number of nitrogens with two attached hydrogens (primary N) is 1. The molecule has 2 aromatic heterocycles. The molecular weight excluding hydrogens is 258 g/mol. The van der Waals surface area contributed by atoms with Crippen molar-refractivity contribution in [2.45, 2.75) is 0 Å². The summed E-state index contributed by atoms with van der Waals surface area (Å²) < 4.78 is 0. The van der Waals surface area contributed by atoms with Gasteiger partial charge >= 0.3 is 5.69 Å². The molecule has 0 atom stereocenters. The molecule has 0 amide bonds. The smallest absolute Gasteiger partial charge is 0.313 e. The highest BCUT2D eigenvalue weighted by molar-refractivity contribution is 5.95. The Hall–Kier alpha value is -3.09. The van der Waals surface area contributed by atoms with Crippen LogP contribution >= 0.6 is 0 Å². The van der Waals surface area contributed by atoms with Crippen LogP contribution in [-0.4, -0.2) is 19.9 Å². The number of benzene rings is 1. The molecule has 20 heavy (non-hydrogen) atoms. The third-order valence-corrected chi connectivity index (χ3v) is 2.89. The third kappa shape index (κ3) is 1.91. The summed E-state index contributed by atoms with van der Waals surface area (Å²) in [5, 5.41) is 11.9. The summed E-state index contributed by atoms with van der Waals surface area (Å²) in [6, 6.07) is 8.95. The van der Waals surface area contributed by atoms with Crippen molar-refractivity contribution in [1.82, 2.24) is 15.0 Å². The van der Waals surface area contributed by atoms with E-state index in [9.17, 15) is 10.1 Å². The highest BCUT2D eigenvalue weighted by Gasteiger charge is 2.20. The van der Waals surface area contributed by atoms with Gasteiger partial charge in [-0.3, -0.25) is 15.1 Å². The minimum atomic E-state index is -0.524. The molecule has 0 aliphatic carbocycles. The average molecular weight is 267 g/mol. The number of fused-ring (bicyclic) bond motifs is 1. The first kappa shape index (κ1) is 12.0. The lowest BCUT2D eigenvalue weighted by molar-refractivity contribution is -0.384. The lowest BCUT2D eigenvalue weighted by atomic mass is 10.0. The summed E-state index contributed by atoms with van der Waals surface area (Å²) in [7, 11) is 0. The predicted octanol–water partition coefficient (Wildman–Crippen LogP) is 2.18. The van der Waals surface area contributed by atoms with Crippen molar-refractivity contribution in [3.05, 3.63) is 52.8 Å². The molecule has 2 heterocycles. The molecule has 98 valence electrons. The van der Waals surface area contributed by atoms with Crippen molar-refractivity contribution in [3.8, 4) is 11.3 Å². The molecule has 0 unspecified atom stereocenters. The number of aromatic nitrogens is 3. The highest BCUT2D eigenvalue weighted by atomic mass is 16.6. The number of nitrogens with zero attached hydrogens (tertiary/aromatic N) is 4. The largest absolute Gasteiger partial charge is 0.368 e. The lowest BCUT2D eigenvalue weighted by Gasteiger charge is -2.06. The second-order valence-corrected chi connectivity index (χ2v) is 4.09. The van der Waals surface area contributed by atoms with Crippen molar-refractivity contribution < 1.29 is 4.92 Å². The molecule has 0 aliphatic heterocycles. The molecule has 0 saturated carbocycles. The molecular formula is C13H9N5O2. The van der Waals surface area contributed by atoms with Crippen molar-refractivity contribution in [2.24, 2.45) is 0 Å². The first-order valence-corrected chi connectivity index (χ1v) is 5.78. The Kier molecular flexibility index (Phi) is 2.72. The molecule has 0 radical (unpaired) electrons. The van der Waals surface area contributed by atoms with Gasteiger partial charge in [0.25, 0.3) is 0 Å². The number of hydrogen-bond acceptors (Lipinski definition) is 6. The van der Waals surface area contributed by atoms with E-state index in [0.717, 1.165) is 17.1 Å². The molecule has 0 aliphatic rings. The van der Waals surface area contributed by atoms with Gasteiger partial charge in [0.2, 0.25) is 5.95 Å². The van der Waals surface area contributed by atoms with Crippen LogP contribution in [0.25, 0.3) is 22.2 Å². The van der Waals surface area contributed by atoms with Crippen molar-refractivity contribution in [2.75, 3.05) is 5.73 Å². The van der Waals surface area contributed by atoms with Gasteiger partial charge in [0.05, 0.1) is 10.4 Å². The van der Waals surface area contributed by atoms with Crippen molar-refractivity contribution in [3.63, 3.8) is 0 Å². The molecule has 0 fully saturated rings. The van der Waals surface area contributed by atoms with E-state index in [4.69, 9.17) is 5.73 Å². The van der Waals surface area contributed by atoms with Crippen LogP contribution in [0.5, 0.6) is 0 Å². The molecule has 7 heteroatoms. The Balaban J connectivity index is 2.36. The van der Waals surface area contributed by atoms with E-state index >= 15 is 0 Å². The van der Waals surface area contributed by atoms with Crippen LogP contribution in [0.15, 0.2) is 42.7 Å². The van der Waals surface area contributed by atoms with E-state index < -0.39 is 4.92 Å². The van der Waals surface area contributed by atoms with Crippen LogP contribution in [-0.2, 0) is 0 Å². The van der Waals surface area contributed by atoms with Crippen molar-refractivity contribution in [1.29, 1.82) is 0 Å². The molecule has 0 bridgehead atoms. The predicted molar refractivity (Wildman–Crippen MR) is 73.8 cm³/mol. The maximum Gasteiger partial charge on any atom is 0.313 e. The molecule has 1 aromatic carbocycles. The van der Waals surface area contributed by atoms with Gasteiger partial charge in [-0.15, -0.1) is 0 Å². The Labute approximate surface area is 113 Å². The first-order chi connectivity index (χ1) is 9.66. The average Bonchev–Trinajstić information content (AvgIpc) is 2.46. The third-order valence-electron chi connectivity index (χ3n) is 2.89. The molecule has 3 rings (SSSR count). The van der Waals surface area contributed by atoms with Gasteiger partial charge in [0.15, 0.2) is 5.69 Å². The Morgan fingerprint density at radius 3 is 2.80 bits per heavy atom. The Morgan fingerprint density at radius 1 is 1.15 bits per heavy atom.